The van der Waals surface area contributed by atoms with Crippen molar-refractivity contribution in [1.82, 2.24) is 19.7 Å². The number of carbonyl (C=O) groups is 1. The van der Waals surface area contributed by atoms with Crippen molar-refractivity contribution >= 4 is 43.9 Å². The first-order chi connectivity index (χ1) is 12.9. The van der Waals surface area contributed by atoms with Gasteiger partial charge in [0.2, 0.25) is 11.0 Å². The molecule has 0 atom stereocenters. The number of carbonyl (C=O) groups excluding carboxylic acids is 1. The van der Waals surface area contributed by atoms with E-state index in [0.717, 1.165) is 33.1 Å². The molecule has 0 spiro atoms. The SMILES string of the molecule is CCC(CC)c1nnc(NC(=O)CCn2cnc3sc(C)c(C)c3c2=O)s1. The summed E-state index contributed by atoms with van der Waals surface area (Å²) < 4.78 is 1.50. The molecule has 0 aromatic carbocycles. The van der Waals surface area contributed by atoms with Gasteiger partial charge in [-0.1, -0.05) is 25.2 Å². The fourth-order valence-corrected chi connectivity index (χ4v) is 4.93. The minimum Gasteiger partial charge on any atom is -0.300 e. The zero-order valence-electron chi connectivity index (χ0n) is 15.9. The Bertz CT molecular complexity index is 1020. The molecular formula is C18H23N5O2S2. The fraction of sp³-hybridized carbons (Fsp3) is 0.500. The summed E-state index contributed by atoms with van der Waals surface area (Å²) in [5.74, 6) is 0.189. The second-order valence-electron chi connectivity index (χ2n) is 6.46. The van der Waals surface area contributed by atoms with E-state index in [-0.39, 0.29) is 24.4 Å². The first-order valence-electron chi connectivity index (χ1n) is 9.02. The van der Waals surface area contributed by atoms with Crippen molar-refractivity contribution in [2.75, 3.05) is 5.32 Å². The molecule has 0 aliphatic carbocycles. The summed E-state index contributed by atoms with van der Waals surface area (Å²) in [6, 6.07) is 0. The third kappa shape index (κ3) is 4.08. The van der Waals surface area contributed by atoms with Crippen LogP contribution in [0.15, 0.2) is 11.1 Å². The van der Waals surface area contributed by atoms with E-state index in [1.807, 2.05) is 13.8 Å². The number of fused-ring (bicyclic) bond motifs is 1. The Labute approximate surface area is 165 Å². The van der Waals surface area contributed by atoms with Crippen LogP contribution in [0.5, 0.6) is 0 Å². The molecule has 3 aromatic rings. The molecule has 3 aromatic heterocycles. The normalized spacial score (nSPS) is 11.4. The molecule has 0 unspecified atom stereocenters. The molecular weight excluding hydrogens is 382 g/mol. The molecule has 0 radical (unpaired) electrons. The van der Waals surface area contributed by atoms with Crippen molar-refractivity contribution in [3.8, 4) is 0 Å². The lowest BCUT2D eigenvalue weighted by molar-refractivity contribution is -0.116. The van der Waals surface area contributed by atoms with Gasteiger partial charge in [-0.05, 0) is 32.3 Å². The number of aromatic nitrogens is 4. The van der Waals surface area contributed by atoms with Crippen LogP contribution in [0.3, 0.4) is 0 Å². The van der Waals surface area contributed by atoms with Gasteiger partial charge in [-0.3, -0.25) is 14.2 Å². The number of thiophene rings is 1. The molecule has 0 saturated carbocycles. The van der Waals surface area contributed by atoms with Gasteiger partial charge in [-0.15, -0.1) is 21.5 Å². The zero-order valence-corrected chi connectivity index (χ0v) is 17.5. The second-order valence-corrected chi connectivity index (χ2v) is 8.68. The Morgan fingerprint density at radius 3 is 2.67 bits per heavy atom. The largest absolute Gasteiger partial charge is 0.300 e. The molecule has 1 amide bonds. The van der Waals surface area contributed by atoms with E-state index in [4.69, 9.17) is 0 Å². The predicted octanol–water partition coefficient (Wildman–Crippen LogP) is 3.86. The van der Waals surface area contributed by atoms with Gasteiger partial charge in [0.25, 0.3) is 5.56 Å². The monoisotopic (exact) mass is 405 g/mol. The summed E-state index contributed by atoms with van der Waals surface area (Å²) >= 11 is 2.93. The molecule has 1 N–H and O–H groups in total. The summed E-state index contributed by atoms with van der Waals surface area (Å²) in [5, 5.41) is 13.1. The van der Waals surface area contributed by atoms with Gasteiger partial charge in [-0.25, -0.2) is 4.98 Å². The van der Waals surface area contributed by atoms with Gasteiger partial charge < -0.3 is 5.32 Å². The molecule has 9 heteroatoms. The molecule has 0 bridgehead atoms. The summed E-state index contributed by atoms with van der Waals surface area (Å²) in [6.45, 7) is 8.43. The number of amides is 1. The standard InChI is InChI=1S/C18H23N5O2S2/c1-5-12(6-2)15-21-22-18(27-15)20-13(24)7-8-23-9-19-16-14(17(23)25)10(3)11(4)26-16/h9,12H,5-8H2,1-4H3,(H,20,22,24). The highest BCUT2D eigenvalue weighted by Gasteiger charge is 2.16. The number of rotatable bonds is 7. The first kappa shape index (κ1) is 19.6. The number of nitrogens with one attached hydrogen (secondary N) is 1. The first-order valence-corrected chi connectivity index (χ1v) is 10.7. The average molecular weight is 406 g/mol. The van der Waals surface area contributed by atoms with Crippen molar-refractivity contribution in [1.29, 1.82) is 0 Å². The van der Waals surface area contributed by atoms with Crippen molar-refractivity contribution in [3.63, 3.8) is 0 Å². The van der Waals surface area contributed by atoms with Crippen molar-refractivity contribution < 1.29 is 4.79 Å². The summed E-state index contributed by atoms with van der Waals surface area (Å²) in [6.07, 6.45) is 3.69. The molecule has 0 aliphatic heterocycles. The Balaban J connectivity index is 1.66. The van der Waals surface area contributed by atoms with E-state index >= 15 is 0 Å². The van der Waals surface area contributed by atoms with E-state index in [1.165, 1.54) is 33.6 Å². The van der Waals surface area contributed by atoms with E-state index in [9.17, 15) is 9.59 Å². The molecule has 3 rings (SSSR count). The fourth-order valence-electron chi connectivity index (χ4n) is 2.92. The maximum absolute atomic E-state index is 12.7. The number of aryl methyl sites for hydroxylation is 3. The lowest BCUT2D eigenvalue weighted by Crippen LogP contribution is -2.23. The van der Waals surface area contributed by atoms with Gasteiger partial charge >= 0.3 is 0 Å². The molecule has 27 heavy (non-hydrogen) atoms. The van der Waals surface area contributed by atoms with Crippen LogP contribution < -0.4 is 10.9 Å². The predicted molar refractivity (Wildman–Crippen MR) is 110 cm³/mol. The number of nitrogens with zero attached hydrogens (tertiary/aromatic N) is 4. The summed E-state index contributed by atoms with van der Waals surface area (Å²) in [4.78, 5) is 31.1. The highest BCUT2D eigenvalue weighted by molar-refractivity contribution is 7.18. The number of hydrogen-bond donors (Lipinski definition) is 1. The maximum Gasteiger partial charge on any atom is 0.262 e. The van der Waals surface area contributed by atoms with Gasteiger partial charge in [0.15, 0.2) is 0 Å². The van der Waals surface area contributed by atoms with Crippen LogP contribution in [0.25, 0.3) is 10.2 Å². The van der Waals surface area contributed by atoms with Crippen molar-refractivity contribution in [3.05, 3.63) is 32.1 Å². The van der Waals surface area contributed by atoms with Crippen molar-refractivity contribution in [2.24, 2.45) is 0 Å². The summed E-state index contributed by atoms with van der Waals surface area (Å²) in [7, 11) is 0. The molecule has 7 nitrogen and oxygen atoms in total. The van der Waals surface area contributed by atoms with Gasteiger partial charge in [0.05, 0.1) is 11.7 Å². The Hall–Kier alpha value is -2.13. The Kier molecular flexibility index (Phi) is 6.01. The van der Waals surface area contributed by atoms with E-state index < -0.39 is 0 Å². The maximum atomic E-state index is 12.7. The highest BCUT2D eigenvalue weighted by Crippen LogP contribution is 2.28. The van der Waals surface area contributed by atoms with E-state index in [1.54, 1.807) is 0 Å². The van der Waals surface area contributed by atoms with E-state index in [2.05, 4.69) is 34.3 Å². The topological polar surface area (TPSA) is 89.8 Å². The second kappa shape index (κ2) is 8.26. The molecule has 3 heterocycles. The van der Waals surface area contributed by atoms with Crippen LogP contribution in [-0.4, -0.2) is 25.7 Å². The van der Waals surface area contributed by atoms with Crippen LogP contribution in [0, 0.1) is 13.8 Å². The lowest BCUT2D eigenvalue weighted by atomic mass is 10.1. The molecule has 144 valence electrons. The minimum absolute atomic E-state index is 0.0958. The van der Waals surface area contributed by atoms with Crippen LogP contribution in [0.4, 0.5) is 5.13 Å². The quantitative estimate of drug-likeness (QED) is 0.645. The smallest absolute Gasteiger partial charge is 0.262 e. The third-order valence-corrected chi connectivity index (χ3v) is 6.87. The molecule has 0 aliphatic rings. The third-order valence-electron chi connectivity index (χ3n) is 4.76. The minimum atomic E-state index is -0.188. The van der Waals surface area contributed by atoms with E-state index in [0.29, 0.717) is 16.4 Å². The lowest BCUT2D eigenvalue weighted by Gasteiger charge is -2.06. The molecule has 0 saturated heterocycles. The molecule has 0 fully saturated rings. The average Bonchev–Trinajstić information content (AvgIpc) is 3.21. The summed E-state index contributed by atoms with van der Waals surface area (Å²) in [5.41, 5.74) is 0.871. The van der Waals surface area contributed by atoms with Crippen LogP contribution in [-0.2, 0) is 11.3 Å². The van der Waals surface area contributed by atoms with Gasteiger partial charge in [0.1, 0.15) is 9.84 Å². The zero-order chi connectivity index (χ0) is 19.6. The van der Waals surface area contributed by atoms with Crippen LogP contribution in [0.1, 0.15) is 54.5 Å². The van der Waals surface area contributed by atoms with Crippen molar-refractivity contribution in [2.45, 2.75) is 59.4 Å². The van der Waals surface area contributed by atoms with Gasteiger partial charge in [-0.2, -0.15) is 0 Å². The van der Waals surface area contributed by atoms with Crippen LogP contribution >= 0.6 is 22.7 Å². The Morgan fingerprint density at radius 2 is 1.96 bits per heavy atom. The Morgan fingerprint density at radius 1 is 1.22 bits per heavy atom. The van der Waals surface area contributed by atoms with Gasteiger partial charge in [0, 0.05) is 23.8 Å². The van der Waals surface area contributed by atoms with Crippen LogP contribution in [0.2, 0.25) is 0 Å². The number of anilines is 1. The number of hydrogen-bond acceptors (Lipinski definition) is 7. The highest BCUT2D eigenvalue weighted by atomic mass is 32.1.